The minimum Gasteiger partial charge on any atom is -0.305 e. The van der Waals surface area contributed by atoms with Crippen LogP contribution in [0.1, 0.15) is 24.2 Å². The third-order valence-corrected chi connectivity index (χ3v) is 6.10. The lowest BCUT2D eigenvalue weighted by Crippen LogP contribution is -2.47. The van der Waals surface area contributed by atoms with E-state index < -0.39 is 10.0 Å². The largest absolute Gasteiger partial charge is 0.305 e. The van der Waals surface area contributed by atoms with E-state index in [0.29, 0.717) is 24.5 Å². The number of aryl methyl sites for hydroxylation is 1. The molecule has 1 aromatic rings. The molecule has 0 bridgehead atoms. The highest BCUT2D eigenvalue weighted by Gasteiger charge is 2.34. The van der Waals surface area contributed by atoms with Crippen LogP contribution in [0.25, 0.3) is 0 Å². The van der Waals surface area contributed by atoms with Crippen LogP contribution in [0.5, 0.6) is 0 Å². The van der Waals surface area contributed by atoms with E-state index in [-0.39, 0.29) is 16.8 Å². The van der Waals surface area contributed by atoms with Crippen molar-refractivity contribution >= 4 is 21.6 Å². The van der Waals surface area contributed by atoms with Gasteiger partial charge in [-0.05, 0) is 33.9 Å². The zero-order valence-electron chi connectivity index (χ0n) is 12.1. The van der Waals surface area contributed by atoms with Crippen LogP contribution in [0.4, 0.5) is 0 Å². The maximum Gasteiger partial charge on any atom is 0.246 e. The molecule has 1 aliphatic rings. The highest BCUT2D eigenvalue weighted by atomic mass is 35.5. The van der Waals surface area contributed by atoms with Crippen molar-refractivity contribution in [2.75, 3.05) is 27.2 Å². The molecule has 0 spiro atoms. The SMILES string of the molecule is Cc1[nH]nc(CCl)c1S(=O)(=O)N1CCCC(N(C)C)C1. The van der Waals surface area contributed by atoms with Gasteiger partial charge in [0.15, 0.2) is 0 Å². The van der Waals surface area contributed by atoms with Gasteiger partial charge < -0.3 is 4.90 Å². The summed E-state index contributed by atoms with van der Waals surface area (Å²) in [5, 5.41) is 6.69. The first-order valence-corrected chi connectivity index (χ1v) is 8.61. The van der Waals surface area contributed by atoms with E-state index in [9.17, 15) is 8.42 Å². The number of H-pyrrole nitrogens is 1. The molecule has 6 nitrogen and oxygen atoms in total. The zero-order valence-corrected chi connectivity index (χ0v) is 13.6. The second-order valence-electron chi connectivity index (χ2n) is 5.38. The van der Waals surface area contributed by atoms with Crippen LogP contribution in [0.2, 0.25) is 0 Å². The quantitative estimate of drug-likeness (QED) is 0.846. The van der Waals surface area contributed by atoms with Crippen molar-refractivity contribution < 1.29 is 8.42 Å². The van der Waals surface area contributed by atoms with Gasteiger partial charge >= 0.3 is 0 Å². The maximum absolute atomic E-state index is 12.8. The molecule has 2 heterocycles. The van der Waals surface area contributed by atoms with Crippen molar-refractivity contribution in [3.05, 3.63) is 11.4 Å². The Balaban J connectivity index is 2.32. The summed E-state index contributed by atoms with van der Waals surface area (Å²) in [5.74, 6) is 0.0872. The molecule has 1 unspecified atom stereocenters. The molecule has 0 aliphatic carbocycles. The molecule has 1 aromatic heterocycles. The highest BCUT2D eigenvalue weighted by molar-refractivity contribution is 7.89. The maximum atomic E-state index is 12.8. The number of sulfonamides is 1. The van der Waals surface area contributed by atoms with Crippen LogP contribution in [0.15, 0.2) is 4.90 Å². The molecule has 0 amide bonds. The third kappa shape index (κ3) is 2.86. The topological polar surface area (TPSA) is 69.3 Å². The fraction of sp³-hybridized carbons (Fsp3) is 0.750. The number of likely N-dealkylation sites (N-methyl/N-ethyl adjacent to an activating group) is 1. The Hall–Kier alpha value is -0.630. The number of hydrogen-bond donors (Lipinski definition) is 1. The van der Waals surface area contributed by atoms with Crippen LogP contribution < -0.4 is 0 Å². The predicted molar refractivity (Wildman–Crippen MR) is 78.3 cm³/mol. The third-order valence-electron chi connectivity index (χ3n) is 3.78. The Morgan fingerprint density at radius 2 is 2.20 bits per heavy atom. The van der Waals surface area contributed by atoms with Gasteiger partial charge in [-0.2, -0.15) is 9.40 Å². The summed E-state index contributed by atoms with van der Waals surface area (Å²) in [7, 11) is 0.430. The molecule has 0 radical (unpaired) electrons. The lowest BCUT2D eigenvalue weighted by Gasteiger charge is -2.35. The summed E-state index contributed by atoms with van der Waals surface area (Å²) < 4.78 is 27.2. The number of aromatic nitrogens is 2. The highest BCUT2D eigenvalue weighted by Crippen LogP contribution is 2.26. The number of nitrogens with zero attached hydrogens (tertiary/aromatic N) is 3. The minimum absolute atomic E-state index is 0.0872. The standard InChI is InChI=1S/C12H21ClN4O2S/c1-9-12(11(7-13)15-14-9)20(18,19)17-6-4-5-10(8-17)16(2)3/h10H,4-8H2,1-3H3,(H,14,15). The number of alkyl halides is 1. The van der Waals surface area contributed by atoms with Crippen LogP contribution in [0, 0.1) is 6.92 Å². The Kier molecular flexibility index (Phi) is 4.73. The second-order valence-corrected chi connectivity index (χ2v) is 7.52. The van der Waals surface area contributed by atoms with Gasteiger partial charge in [0.05, 0.1) is 17.3 Å². The van der Waals surface area contributed by atoms with Crippen molar-refractivity contribution in [1.29, 1.82) is 0 Å². The van der Waals surface area contributed by atoms with E-state index >= 15 is 0 Å². The summed E-state index contributed by atoms with van der Waals surface area (Å²) in [6, 6.07) is 0.255. The Bertz CT molecular complexity index is 570. The predicted octanol–water partition coefficient (Wildman–Crippen LogP) is 1.17. The van der Waals surface area contributed by atoms with Crippen LogP contribution in [-0.2, 0) is 15.9 Å². The van der Waals surface area contributed by atoms with E-state index in [2.05, 4.69) is 15.1 Å². The van der Waals surface area contributed by atoms with Gasteiger partial charge in [-0.3, -0.25) is 5.10 Å². The van der Waals surface area contributed by atoms with E-state index in [4.69, 9.17) is 11.6 Å². The number of hydrogen-bond acceptors (Lipinski definition) is 4. The fourth-order valence-corrected chi connectivity index (χ4v) is 4.71. The summed E-state index contributed by atoms with van der Waals surface area (Å²) in [6.45, 7) is 2.78. The average Bonchev–Trinajstić information content (AvgIpc) is 2.80. The molecule has 2 rings (SSSR count). The summed E-state index contributed by atoms with van der Waals surface area (Å²) >= 11 is 5.80. The normalized spacial score (nSPS) is 21.6. The Labute approximate surface area is 125 Å². The summed E-state index contributed by atoms with van der Waals surface area (Å²) in [6.07, 6.45) is 1.89. The van der Waals surface area contributed by atoms with Gasteiger partial charge in [-0.15, -0.1) is 11.6 Å². The fourth-order valence-electron chi connectivity index (χ4n) is 2.59. The summed E-state index contributed by atoms with van der Waals surface area (Å²) in [4.78, 5) is 2.32. The van der Waals surface area contributed by atoms with Crippen LogP contribution in [-0.4, -0.2) is 61.0 Å². The van der Waals surface area contributed by atoms with E-state index in [0.717, 1.165) is 12.8 Å². The lowest BCUT2D eigenvalue weighted by molar-refractivity contribution is 0.190. The molecule has 1 fully saturated rings. The summed E-state index contributed by atoms with van der Waals surface area (Å²) in [5.41, 5.74) is 0.948. The Morgan fingerprint density at radius 1 is 1.50 bits per heavy atom. The van der Waals surface area contributed by atoms with Crippen molar-refractivity contribution in [2.45, 2.75) is 36.6 Å². The van der Waals surface area contributed by atoms with Crippen molar-refractivity contribution in [3.63, 3.8) is 0 Å². The first-order valence-electron chi connectivity index (χ1n) is 6.64. The first-order chi connectivity index (χ1) is 9.37. The number of rotatable bonds is 4. The van der Waals surface area contributed by atoms with Gasteiger partial charge in [0.1, 0.15) is 4.90 Å². The van der Waals surface area contributed by atoms with Gasteiger partial charge in [0, 0.05) is 19.1 Å². The number of nitrogens with one attached hydrogen (secondary N) is 1. The van der Waals surface area contributed by atoms with E-state index in [1.165, 1.54) is 0 Å². The monoisotopic (exact) mass is 320 g/mol. The van der Waals surface area contributed by atoms with Gasteiger partial charge in [-0.1, -0.05) is 0 Å². The molecular weight excluding hydrogens is 300 g/mol. The van der Waals surface area contributed by atoms with Crippen LogP contribution >= 0.6 is 11.6 Å². The first kappa shape index (κ1) is 15.8. The van der Waals surface area contributed by atoms with Gasteiger partial charge in [-0.25, -0.2) is 8.42 Å². The number of halogens is 1. The molecule has 1 aliphatic heterocycles. The van der Waals surface area contributed by atoms with Crippen molar-refractivity contribution in [3.8, 4) is 0 Å². The zero-order chi connectivity index (χ0) is 14.9. The van der Waals surface area contributed by atoms with Gasteiger partial charge in [0.2, 0.25) is 10.0 Å². The number of aromatic amines is 1. The van der Waals surface area contributed by atoms with Crippen molar-refractivity contribution in [2.24, 2.45) is 0 Å². The molecule has 8 heteroatoms. The van der Waals surface area contributed by atoms with Crippen molar-refractivity contribution in [1.82, 2.24) is 19.4 Å². The lowest BCUT2D eigenvalue weighted by atomic mass is 10.1. The molecule has 114 valence electrons. The molecule has 1 atom stereocenters. The molecule has 1 saturated heterocycles. The second kappa shape index (κ2) is 6.01. The Morgan fingerprint density at radius 3 is 2.80 bits per heavy atom. The number of piperidine rings is 1. The molecule has 20 heavy (non-hydrogen) atoms. The molecule has 0 aromatic carbocycles. The minimum atomic E-state index is -3.53. The van der Waals surface area contributed by atoms with E-state index in [1.807, 2.05) is 14.1 Å². The van der Waals surface area contributed by atoms with Crippen LogP contribution in [0.3, 0.4) is 0 Å². The molecule has 0 saturated carbocycles. The average molecular weight is 321 g/mol. The van der Waals surface area contributed by atoms with E-state index in [1.54, 1.807) is 11.2 Å². The molecular formula is C12H21ClN4O2S. The van der Waals surface area contributed by atoms with Gasteiger partial charge in [0.25, 0.3) is 0 Å². The molecule has 1 N–H and O–H groups in total. The smallest absolute Gasteiger partial charge is 0.246 e.